The van der Waals surface area contributed by atoms with Crippen LogP contribution in [-0.4, -0.2) is 37.1 Å². The molecule has 144 valence electrons. The lowest BCUT2D eigenvalue weighted by Gasteiger charge is -2.29. The van der Waals surface area contributed by atoms with Crippen LogP contribution in [0.5, 0.6) is 0 Å². The zero-order valence-electron chi connectivity index (χ0n) is 15.3. The fourth-order valence-electron chi connectivity index (χ4n) is 3.17. The Morgan fingerprint density at radius 2 is 1.96 bits per heavy atom. The summed E-state index contributed by atoms with van der Waals surface area (Å²) in [7, 11) is 0. The van der Waals surface area contributed by atoms with Crippen molar-refractivity contribution in [1.82, 2.24) is 24.6 Å². The van der Waals surface area contributed by atoms with Crippen molar-refractivity contribution < 1.29 is 4.79 Å². The number of carbonyl (C=O) groups is 1. The van der Waals surface area contributed by atoms with Crippen LogP contribution in [0.25, 0.3) is 5.82 Å². The molecule has 1 aliphatic carbocycles. The Hall–Kier alpha value is -2.44. The summed E-state index contributed by atoms with van der Waals surface area (Å²) in [4.78, 5) is 23.9. The minimum Gasteiger partial charge on any atom is -0.328 e. The number of benzene rings is 1. The number of nitrogens with zero attached hydrogens (tertiary/aromatic N) is 5. The van der Waals surface area contributed by atoms with Crippen molar-refractivity contribution in [1.29, 1.82) is 0 Å². The highest BCUT2D eigenvalue weighted by molar-refractivity contribution is 6.35. The van der Waals surface area contributed by atoms with E-state index in [9.17, 15) is 4.79 Å². The van der Waals surface area contributed by atoms with Gasteiger partial charge in [-0.1, -0.05) is 29.3 Å². The summed E-state index contributed by atoms with van der Waals surface area (Å²) in [6, 6.07) is 10.2. The lowest BCUT2D eigenvalue weighted by atomic mass is 10.1. The molecule has 1 atom stereocenters. The topological polar surface area (TPSA) is 63.9 Å². The van der Waals surface area contributed by atoms with E-state index >= 15 is 0 Å². The predicted octanol–water partition coefficient (Wildman–Crippen LogP) is 4.58. The van der Waals surface area contributed by atoms with Crippen molar-refractivity contribution in [3.05, 3.63) is 70.4 Å². The summed E-state index contributed by atoms with van der Waals surface area (Å²) in [6.07, 6.45) is 5.43. The van der Waals surface area contributed by atoms with Gasteiger partial charge in [-0.15, -0.1) is 0 Å². The minimum absolute atomic E-state index is 0.126. The molecule has 1 fully saturated rings. The van der Waals surface area contributed by atoms with Gasteiger partial charge in [0.1, 0.15) is 6.33 Å². The van der Waals surface area contributed by atoms with Gasteiger partial charge in [-0.2, -0.15) is 9.78 Å². The van der Waals surface area contributed by atoms with E-state index in [1.807, 2.05) is 30.0 Å². The Morgan fingerprint density at radius 1 is 1.21 bits per heavy atom. The Morgan fingerprint density at radius 3 is 2.61 bits per heavy atom. The van der Waals surface area contributed by atoms with Gasteiger partial charge in [-0.25, -0.2) is 9.97 Å². The maximum atomic E-state index is 13.3. The van der Waals surface area contributed by atoms with E-state index in [1.54, 1.807) is 29.1 Å². The van der Waals surface area contributed by atoms with Crippen molar-refractivity contribution in [3.63, 3.8) is 0 Å². The third-order valence-electron chi connectivity index (χ3n) is 4.80. The molecular formula is C20H19Cl2N5O. The third kappa shape index (κ3) is 4.03. The van der Waals surface area contributed by atoms with Crippen molar-refractivity contribution in [3.8, 4) is 5.82 Å². The van der Waals surface area contributed by atoms with Gasteiger partial charge in [-0.3, -0.25) is 4.79 Å². The lowest BCUT2D eigenvalue weighted by molar-refractivity contribution is 0.0670. The van der Waals surface area contributed by atoms with Crippen LogP contribution in [-0.2, 0) is 0 Å². The van der Waals surface area contributed by atoms with Crippen molar-refractivity contribution in [2.45, 2.75) is 25.8 Å². The number of pyridine rings is 1. The van der Waals surface area contributed by atoms with Gasteiger partial charge in [0.25, 0.3) is 5.91 Å². The van der Waals surface area contributed by atoms with E-state index in [-0.39, 0.29) is 11.9 Å². The summed E-state index contributed by atoms with van der Waals surface area (Å²) in [5.41, 5.74) is 0.467. The maximum absolute atomic E-state index is 13.3. The first-order chi connectivity index (χ1) is 13.5. The quantitative estimate of drug-likeness (QED) is 0.590. The van der Waals surface area contributed by atoms with Gasteiger partial charge in [0.05, 0.1) is 6.04 Å². The molecule has 28 heavy (non-hydrogen) atoms. The van der Waals surface area contributed by atoms with Gasteiger partial charge in [0.2, 0.25) is 0 Å². The summed E-state index contributed by atoms with van der Waals surface area (Å²) in [5.74, 6) is 1.69. The molecule has 6 nitrogen and oxygen atoms in total. The zero-order valence-corrected chi connectivity index (χ0v) is 16.8. The molecule has 1 aromatic carbocycles. The SMILES string of the molecule is CC(c1ncnn1-c1ccccn1)N(CC1CC1)C(=O)c1cc(Cl)cc(Cl)c1. The number of carbonyl (C=O) groups excluding carboxylic acids is 1. The molecule has 0 aliphatic heterocycles. The molecule has 3 aromatic rings. The molecule has 1 unspecified atom stereocenters. The number of aromatic nitrogens is 4. The highest BCUT2D eigenvalue weighted by Crippen LogP contribution is 2.34. The molecule has 0 radical (unpaired) electrons. The van der Waals surface area contributed by atoms with Crippen molar-refractivity contribution in [2.75, 3.05) is 6.54 Å². The zero-order chi connectivity index (χ0) is 19.7. The second kappa shape index (κ2) is 7.89. The summed E-state index contributed by atoms with van der Waals surface area (Å²) < 4.78 is 1.67. The van der Waals surface area contributed by atoms with Crippen LogP contribution in [0.3, 0.4) is 0 Å². The van der Waals surface area contributed by atoms with E-state index < -0.39 is 0 Å². The fourth-order valence-corrected chi connectivity index (χ4v) is 3.69. The Kier molecular flexibility index (Phi) is 5.33. The average Bonchev–Trinajstić information content (AvgIpc) is 3.37. The Labute approximate surface area is 173 Å². The van der Waals surface area contributed by atoms with Crippen LogP contribution < -0.4 is 0 Å². The second-order valence-electron chi connectivity index (χ2n) is 6.95. The fraction of sp³-hybridized carbons (Fsp3) is 0.300. The molecule has 0 saturated heterocycles. The average molecular weight is 416 g/mol. The Balaban J connectivity index is 1.68. The first kappa shape index (κ1) is 18.9. The third-order valence-corrected chi connectivity index (χ3v) is 5.24. The number of halogens is 2. The van der Waals surface area contributed by atoms with Gasteiger partial charge in [0.15, 0.2) is 11.6 Å². The smallest absolute Gasteiger partial charge is 0.254 e. The number of hydrogen-bond donors (Lipinski definition) is 0. The lowest BCUT2D eigenvalue weighted by Crippen LogP contribution is -2.36. The first-order valence-corrected chi connectivity index (χ1v) is 9.87. The van der Waals surface area contributed by atoms with Gasteiger partial charge >= 0.3 is 0 Å². The molecule has 8 heteroatoms. The van der Waals surface area contributed by atoms with E-state index in [1.165, 1.54) is 6.33 Å². The molecule has 0 N–H and O–H groups in total. The van der Waals surface area contributed by atoms with Gasteiger partial charge < -0.3 is 4.90 Å². The van der Waals surface area contributed by atoms with E-state index in [0.717, 1.165) is 12.8 Å². The molecule has 0 spiro atoms. The van der Waals surface area contributed by atoms with Gasteiger partial charge in [-0.05, 0) is 56.0 Å². The van der Waals surface area contributed by atoms with Crippen LogP contribution in [0.2, 0.25) is 10.0 Å². The second-order valence-corrected chi connectivity index (χ2v) is 7.83. The first-order valence-electron chi connectivity index (χ1n) is 9.11. The molecular weight excluding hydrogens is 397 g/mol. The molecule has 0 bridgehead atoms. The van der Waals surface area contributed by atoms with E-state index in [4.69, 9.17) is 23.2 Å². The van der Waals surface area contributed by atoms with E-state index in [0.29, 0.717) is 39.7 Å². The molecule has 4 rings (SSSR count). The molecule has 1 amide bonds. The summed E-state index contributed by atoms with van der Waals surface area (Å²) >= 11 is 12.2. The molecule has 2 heterocycles. The van der Waals surface area contributed by atoms with Crippen LogP contribution >= 0.6 is 23.2 Å². The normalized spacial score (nSPS) is 14.7. The van der Waals surface area contributed by atoms with Crippen LogP contribution in [0.4, 0.5) is 0 Å². The maximum Gasteiger partial charge on any atom is 0.254 e. The molecule has 1 aliphatic rings. The standard InChI is InChI=1S/C20H19Cl2N5O/c1-13(19-24-12-25-27(19)18-4-2-3-7-23-18)26(11-14-5-6-14)20(28)15-8-16(21)10-17(22)9-15/h2-4,7-10,12-14H,5-6,11H2,1H3. The number of amides is 1. The highest BCUT2D eigenvalue weighted by Gasteiger charge is 2.33. The van der Waals surface area contributed by atoms with Gasteiger partial charge in [0, 0.05) is 28.4 Å². The molecule has 1 saturated carbocycles. The highest BCUT2D eigenvalue weighted by atomic mass is 35.5. The van der Waals surface area contributed by atoms with E-state index in [2.05, 4.69) is 15.1 Å². The Bertz CT molecular complexity index is 967. The van der Waals surface area contributed by atoms with Crippen LogP contribution in [0.1, 0.15) is 42.0 Å². The van der Waals surface area contributed by atoms with Crippen molar-refractivity contribution in [2.24, 2.45) is 5.92 Å². The summed E-state index contributed by atoms with van der Waals surface area (Å²) in [5, 5.41) is 5.18. The van der Waals surface area contributed by atoms with Crippen molar-refractivity contribution >= 4 is 29.1 Å². The predicted molar refractivity (Wildman–Crippen MR) is 108 cm³/mol. The van der Waals surface area contributed by atoms with Crippen LogP contribution in [0, 0.1) is 5.92 Å². The largest absolute Gasteiger partial charge is 0.328 e. The monoisotopic (exact) mass is 415 g/mol. The molecule has 2 aromatic heterocycles. The van der Waals surface area contributed by atoms with Crippen LogP contribution in [0.15, 0.2) is 48.9 Å². The summed E-state index contributed by atoms with van der Waals surface area (Å²) in [6.45, 7) is 2.61. The number of hydrogen-bond acceptors (Lipinski definition) is 4. The minimum atomic E-state index is -0.296. The number of rotatable bonds is 6.